The molecular formula is C45H26N4OS. The first-order valence-corrected chi connectivity index (χ1v) is 17.8. The average molecular weight is 671 g/mol. The second-order valence-corrected chi connectivity index (χ2v) is 13.8. The minimum atomic E-state index is 0.631. The molecule has 0 atom stereocenters. The molecule has 0 aliphatic heterocycles. The Balaban J connectivity index is 1.18. The molecule has 11 aromatic rings. The number of benzene rings is 7. The van der Waals surface area contributed by atoms with Crippen LogP contribution in [0.25, 0.3) is 104 Å². The summed E-state index contributed by atoms with van der Waals surface area (Å²) in [5.74, 6) is 1.92. The molecule has 0 unspecified atom stereocenters. The molecule has 4 aromatic heterocycles. The third-order valence-electron chi connectivity index (χ3n) is 9.84. The van der Waals surface area contributed by atoms with Crippen molar-refractivity contribution >= 4 is 75.3 Å². The fraction of sp³-hybridized carbons (Fsp3) is 0. The number of fused-ring (bicyclic) bond motifs is 12. The summed E-state index contributed by atoms with van der Waals surface area (Å²) in [6.07, 6.45) is 0. The minimum absolute atomic E-state index is 0.631. The highest BCUT2D eigenvalue weighted by Gasteiger charge is 2.25. The van der Waals surface area contributed by atoms with Gasteiger partial charge in [0.1, 0.15) is 11.2 Å². The maximum atomic E-state index is 6.77. The maximum absolute atomic E-state index is 6.77. The molecule has 0 radical (unpaired) electrons. The van der Waals surface area contributed by atoms with Gasteiger partial charge in [-0.3, -0.25) is 0 Å². The minimum Gasteiger partial charge on any atom is -0.455 e. The van der Waals surface area contributed by atoms with Crippen molar-refractivity contribution in [3.63, 3.8) is 0 Å². The number of hydrogen-bond donors (Lipinski definition) is 0. The van der Waals surface area contributed by atoms with Crippen LogP contribution in [0.15, 0.2) is 162 Å². The highest BCUT2D eigenvalue weighted by Crippen LogP contribution is 2.50. The van der Waals surface area contributed by atoms with Crippen molar-refractivity contribution in [2.24, 2.45) is 0 Å². The summed E-state index contributed by atoms with van der Waals surface area (Å²) in [4.78, 5) is 14.8. The lowest BCUT2D eigenvalue weighted by atomic mass is 10.0. The van der Waals surface area contributed by atoms with Gasteiger partial charge in [-0.15, -0.1) is 11.3 Å². The second-order valence-electron chi connectivity index (χ2n) is 12.8. The van der Waals surface area contributed by atoms with Crippen LogP contribution in [-0.4, -0.2) is 19.5 Å². The fourth-order valence-corrected chi connectivity index (χ4v) is 8.84. The van der Waals surface area contributed by atoms with Gasteiger partial charge in [0.2, 0.25) is 0 Å². The van der Waals surface area contributed by atoms with Crippen LogP contribution in [0, 0.1) is 0 Å². The van der Waals surface area contributed by atoms with Crippen molar-refractivity contribution in [1.29, 1.82) is 0 Å². The molecule has 0 aliphatic carbocycles. The zero-order valence-electron chi connectivity index (χ0n) is 27.1. The normalized spacial score (nSPS) is 11.9. The van der Waals surface area contributed by atoms with Gasteiger partial charge in [-0.05, 0) is 42.5 Å². The molecular weight excluding hydrogens is 645 g/mol. The van der Waals surface area contributed by atoms with Gasteiger partial charge in [-0.2, -0.15) is 0 Å². The Kier molecular flexibility index (Phi) is 6.05. The number of thiophene rings is 1. The molecule has 0 spiro atoms. The molecule has 6 heteroatoms. The molecule has 0 saturated carbocycles. The van der Waals surface area contributed by atoms with Gasteiger partial charge in [0.15, 0.2) is 17.5 Å². The van der Waals surface area contributed by atoms with Gasteiger partial charge >= 0.3 is 0 Å². The van der Waals surface area contributed by atoms with Crippen molar-refractivity contribution in [1.82, 2.24) is 19.5 Å². The smallest absolute Gasteiger partial charge is 0.164 e. The van der Waals surface area contributed by atoms with E-state index in [1.54, 1.807) is 0 Å². The molecule has 0 N–H and O–H groups in total. The summed E-state index contributed by atoms with van der Waals surface area (Å²) in [7, 11) is 0. The second kappa shape index (κ2) is 10.9. The van der Waals surface area contributed by atoms with Crippen LogP contribution in [0.1, 0.15) is 0 Å². The number of nitrogens with zero attached hydrogens (tertiary/aromatic N) is 4. The van der Waals surface area contributed by atoms with E-state index in [4.69, 9.17) is 19.4 Å². The van der Waals surface area contributed by atoms with E-state index in [0.717, 1.165) is 60.7 Å². The zero-order valence-corrected chi connectivity index (χ0v) is 27.9. The van der Waals surface area contributed by atoms with E-state index in [2.05, 4.69) is 95.6 Å². The first kappa shape index (κ1) is 28.2. The van der Waals surface area contributed by atoms with Crippen LogP contribution < -0.4 is 0 Å². The van der Waals surface area contributed by atoms with Crippen LogP contribution in [0.3, 0.4) is 0 Å². The Labute approximate surface area is 295 Å². The third-order valence-corrected chi connectivity index (χ3v) is 11.0. The van der Waals surface area contributed by atoms with E-state index in [0.29, 0.717) is 17.5 Å². The Bertz CT molecular complexity index is 3040. The Morgan fingerprint density at radius 1 is 0.451 bits per heavy atom. The van der Waals surface area contributed by atoms with E-state index < -0.39 is 0 Å². The van der Waals surface area contributed by atoms with Gasteiger partial charge in [-0.25, -0.2) is 15.0 Å². The predicted octanol–water partition coefficient (Wildman–Crippen LogP) is 12.2. The average Bonchev–Trinajstić information content (AvgIpc) is 3.88. The molecule has 11 rings (SSSR count). The molecule has 0 fully saturated rings. The largest absolute Gasteiger partial charge is 0.455 e. The number of furan rings is 1. The highest BCUT2D eigenvalue weighted by atomic mass is 32.1. The summed E-state index contributed by atoms with van der Waals surface area (Å²) in [5, 5.41) is 7.13. The molecule has 238 valence electrons. The van der Waals surface area contributed by atoms with Crippen LogP contribution in [0.2, 0.25) is 0 Å². The summed E-state index contributed by atoms with van der Waals surface area (Å²) in [5.41, 5.74) is 7.99. The Morgan fingerprint density at radius 3 is 1.69 bits per heavy atom. The summed E-state index contributed by atoms with van der Waals surface area (Å²) >= 11 is 1.84. The first-order valence-electron chi connectivity index (χ1n) is 17.0. The van der Waals surface area contributed by atoms with E-state index in [1.807, 2.05) is 78.1 Å². The molecule has 4 heterocycles. The molecule has 0 bridgehead atoms. The van der Waals surface area contributed by atoms with E-state index >= 15 is 0 Å². The van der Waals surface area contributed by atoms with Gasteiger partial charge in [0.25, 0.3) is 0 Å². The van der Waals surface area contributed by atoms with E-state index in [9.17, 15) is 0 Å². The van der Waals surface area contributed by atoms with Crippen molar-refractivity contribution in [2.45, 2.75) is 0 Å². The summed E-state index contributed by atoms with van der Waals surface area (Å²) < 4.78 is 11.7. The molecule has 0 saturated heterocycles. The summed E-state index contributed by atoms with van der Waals surface area (Å²) in [6, 6.07) is 54.6. The van der Waals surface area contributed by atoms with Crippen LogP contribution in [0.5, 0.6) is 0 Å². The zero-order chi connectivity index (χ0) is 33.5. The highest BCUT2D eigenvalue weighted by molar-refractivity contribution is 7.27. The number of aromatic nitrogens is 4. The van der Waals surface area contributed by atoms with Crippen LogP contribution in [-0.2, 0) is 0 Å². The lowest BCUT2D eigenvalue weighted by Crippen LogP contribution is -2.00. The van der Waals surface area contributed by atoms with Crippen molar-refractivity contribution < 1.29 is 4.42 Å². The van der Waals surface area contributed by atoms with Gasteiger partial charge < -0.3 is 8.98 Å². The van der Waals surface area contributed by atoms with Gasteiger partial charge in [0, 0.05) is 58.7 Å². The molecule has 51 heavy (non-hydrogen) atoms. The molecule has 0 aliphatic rings. The van der Waals surface area contributed by atoms with Crippen LogP contribution >= 0.6 is 11.3 Å². The first-order chi connectivity index (χ1) is 25.3. The molecule has 7 aromatic carbocycles. The van der Waals surface area contributed by atoms with Crippen molar-refractivity contribution in [2.75, 3.05) is 0 Å². The van der Waals surface area contributed by atoms with E-state index in [-0.39, 0.29) is 0 Å². The third kappa shape index (κ3) is 4.24. The standard InChI is InChI=1S/C45H26N4OS/c1-3-13-27(14-4-1)43-46-44(28-15-5-2-6-16-28)48-45(47-43)29-23-25-30(26-24-29)49-34-20-10-7-17-31(34)37-40(49)38-33-19-9-12-22-36(33)51-42(38)39-32-18-8-11-21-35(32)50-41(37)39/h1-26H. The summed E-state index contributed by atoms with van der Waals surface area (Å²) in [6.45, 7) is 0. The maximum Gasteiger partial charge on any atom is 0.164 e. The quantitative estimate of drug-likeness (QED) is 0.187. The molecule has 5 nitrogen and oxygen atoms in total. The topological polar surface area (TPSA) is 56.7 Å². The van der Waals surface area contributed by atoms with Crippen molar-refractivity contribution in [3.8, 4) is 39.9 Å². The SMILES string of the molecule is c1ccc(-c2nc(-c3ccccc3)nc(-c3ccc(-n4c5ccccc5c5c6oc7ccccc7c6c6sc7ccccc7c6c54)cc3)n2)cc1. The fourth-order valence-electron chi connectivity index (χ4n) is 7.58. The molecule has 0 amide bonds. The van der Waals surface area contributed by atoms with E-state index in [1.165, 1.54) is 25.6 Å². The van der Waals surface area contributed by atoms with Crippen molar-refractivity contribution in [3.05, 3.63) is 158 Å². The van der Waals surface area contributed by atoms with Gasteiger partial charge in [0.05, 0.1) is 16.4 Å². The van der Waals surface area contributed by atoms with Crippen LogP contribution in [0.4, 0.5) is 0 Å². The monoisotopic (exact) mass is 670 g/mol. The Morgan fingerprint density at radius 2 is 1.00 bits per heavy atom. The Hall–Kier alpha value is -6.63. The predicted molar refractivity (Wildman–Crippen MR) is 211 cm³/mol. The number of hydrogen-bond acceptors (Lipinski definition) is 5. The van der Waals surface area contributed by atoms with Gasteiger partial charge in [-0.1, -0.05) is 115 Å². The number of rotatable bonds is 4. The lowest BCUT2D eigenvalue weighted by Gasteiger charge is -2.11. The number of para-hydroxylation sites is 2. The lowest BCUT2D eigenvalue weighted by molar-refractivity contribution is 0.673.